The van der Waals surface area contributed by atoms with Crippen LogP contribution in [0.5, 0.6) is 11.5 Å². The first-order valence-electron chi connectivity index (χ1n) is 13.9. The van der Waals surface area contributed by atoms with Crippen LogP contribution >= 0.6 is 0 Å². The fourth-order valence-corrected chi connectivity index (χ4v) is 4.94. The highest BCUT2D eigenvalue weighted by Crippen LogP contribution is 2.28. The smallest absolute Gasteiger partial charge is 0.270 e. The van der Waals surface area contributed by atoms with Crippen LogP contribution in [0.25, 0.3) is 10.9 Å². The molecule has 0 radical (unpaired) electrons. The molecule has 0 atom stereocenters. The number of amides is 2. The van der Waals surface area contributed by atoms with E-state index in [9.17, 15) is 19.7 Å². The molecule has 0 fully saturated rings. The number of aromatic nitrogens is 1. The molecule has 2 amide bonds. The van der Waals surface area contributed by atoms with Gasteiger partial charge in [0.2, 0.25) is 5.91 Å². The predicted octanol–water partition coefficient (Wildman–Crippen LogP) is 4.84. The van der Waals surface area contributed by atoms with Crippen molar-refractivity contribution in [3.8, 4) is 11.5 Å². The first-order chi connectivity index (χ1) is 20.8. The van der Waals surface area contributed by atoms with Gasteiger partial charge in [-0.25, -0.2) is 0 Å². The summed E-state index contributed by atoms with van der Waals surface area (Å²) < 4.78 is 16.0. The number of benzene rings is 3. The van der Waals surface area contributed by atoms with Crippen LogP contribution < -0.4 is 9.47 Å². The van der Waals surface area contributed by atoms with Crippen molar-refractivity contribution in [1.82, 2.24) is 14.8 Å². The Bertz CT molecular complexity index is 1570. The Morgan fingerprint density at radius 2 is 1.70 bits per heavy atom. The van der Waals surface area contributed by atoms with Crippen molar-refractivity contribution in [2.45, 2.75) is 19.4 Å². The van der Waals surface area contributed by atoms with Crippen molar-refractivity contribution in [2.24, 2.45) is 0 Å². The summed E-state index contributed by atoms with van der Waals surface area (Å²) in [7, 11) is 4.68. The number of carbonyl (C=O) groups is 2. The third-order valence-corrected chi connectivity index (χ3v) is 7.19. The van der Waals surface area contributed by atoms with Gasteiger partial charge in [-0.15, -0.1) is 0 Å². The topological polar surface area (TPSA) is 127 Å². The third kappa shape index (κ3) is 7.89. The Kier molecular flexibility index (Phi) is 10.7. The van der Waals surface area contributed by atoms with E-state index in [-0.39, 0.29) is 36.8 Å². The van der Waals surface area contributed by atoms with Crippen LogP contribution in [-0.2, 0) is 22.5 Å². The molecule has 0 aliphatic rings. The second kappa shape index (κ2) is 14.8. The summed E-state index contributed by atoms with van der Waals surface area (Å²) in [5.41, 5.74) is 2.88. The maximum Gasteiger partial charge on any atom is 0.270 e. The lowest BCUT2D eigenvalue weighted by atomic mass is 10.1. The Morgan fingerprint density at radius 1 is 0.907 bits per heavy atom. The van der Waals surface area contributed by atoms with E-state index in [2.05, 4.69) is 4.98 Å². The van der Waals surface area contributed by atoms with E-state index < -0.39 is 10.8 Å². The molecule has 11 heteroatoms. The maximum atomic E-state index is 13.9. The van der Waals surface area contributed by atoms with Gasteiger partial charge in [0.15, 0.2) is 11.5 Å². The first-order valence-corrected chi connectivity index (χ1v) is 13.9. The minimum absolute atomic E-state index is 0.143. The van der Waals surface area contributed by atoms with E-state index in [0.717, 1.165) is 22.0 Å². The van der Waals surface area contributed by atoms with Crippen LogP contribution in [0.3, 0.4) is 0 Å². The molecule has 0 aliphatic heterocycles. The quantitative estimate of drug-likeness (QED) is 0.120. The highest BCUT2D eigenvalue weighted by molar-refractivity contribution is 5.97. The minimum Gasteiger partial charge on any atom is -0.493 e. The summed E-state index contributed by atoms with van der Waals surface area (Å²) in [5, 5.41) is 12.4. The summed E-state index contributed by atoms with van der Waals surface area (Å²) in [4.78, 5) is 44.7. The molecule has 0 spiro atoms. The van der Waals surface area contributed by atoms with Gasteiger partial charge < -0.3 is 29.0 Å². The van der Waals surface area contributed by atoms with Crippen LogP contribution in [0.1, 0.15) is 27.9 Å². The molecule has 3 aromatic carbocycles. The lowest BCUT2D eigenvalue weighted by Crippen LogP contribution is -2.44. The van der Waals surface area contributed by atoms with E-state index >= 15 is 0 Å². The zero-order chi connectivity index (χ0) is 30.8. The Hall–Kier alpha value is -4.90. The van der Waals surface area contributed by atoms with Crippen molar-refractivity contribution in [3.05, 3.63) is 99.7 Å². The van der Waals surface area contributed by atoms with E-state index in [1.54, 1.807) is 32.3 Å². The number of carbonyl (C=O) groups excluding carboxylic acids is 2. The van der Waals surface area contributed by atoms with Crippen LogP contribution in [0.4, 0.5) is 5.69 Å². The minimum atomic E-state index is -0.549. The summed E-state index contributed by atoms with van der Waals surface area (Å²) in [6.07, 6.45) is 3.04. The number of ether oxygens (including phenoxy) is 3. The van der Waals surface area contributed by atoms with Crippen molar-refractivity contribution >= 4 is 28.4 Å². The largest absolute Gasteiger partial charge is 0.493 e. The molecular formula is C32H36N4O7. The van der Waals surface area contributed by atoms with E-state index in [4.69, 9.17) is 14.2 Å². The molecule has 0 unspecified atom stereocenters. The number of fused-ring (bicyclic) bond motifs is 1. The SMILES string of the molecule is COCCCN(CC(=O)N(CCc1c[nH]c2ccccc12)Cc1ccc(OC)c(OC)c1)C(=O)c1cccc([N+](=O)[O-])c1. The zero-order valence-electron chi connectivity index (χ0n) is 24.6. The number of rotatable bonds is 15. The molecule has 226 valence electrons. The number of nitro benzene ring substituents is 1. The van der Waals surface area contributed by atoms with E-state index in [0.29, 0.717) is 37.5 Å². The van der Waals surface area contributed by atoms with E-state index in [1.165, 1.54) is 29.2 Å². The average molecular weight is 589 g/mol. The summed E-state index contributed by atoms with van der Waals surface area (Å²) in [6.45, 7) is 1.10. The molecule has 0 bridgehead atoms. The van der Waals surface area contributed by atoms with Gasteiger partial charge in [-0.05, 0) is 48.2 Å². The highest BCUT2D eigenvalue weighted by atomic mass is 16.6. The van der Waals surface area contributed by atoms with Crippen molar-refractivity contribution in [1.29, 1.82) is 0 Å². The number of para-hydroxylation sites is 1. The summed E-state index contributed by atoms with van der Waals surface area (Å²) in [5.74, 6) is 0.405. The molecule has 43 heavy (non-hydrogen) atoms. The standard InChI is InChI=1S/C32H36N4O7/c1-41-17-7-15-35(32(38)24-8-6-9-26(19-24)36(39)40)22-31(37)34(21-23-12-13-29(42-2)30(18-23)43-3)16-14-25-20-33-28-11-5-4-10-27(25)28/h4-6,8-13,18-20,33H,7,14-17,21-22H2,1-3H3. The number of H-pyrrole nitrogens is 1. The van der Waals surface area contributed by atoms with Gasteiger partial charge in [0.1, 0.15) is 6.54 Å². The normalized spacial score (nSPS) is 10.9. The lowest BCUT2D eigenvalue weighted by Gasteiger charge is -2.28. The molecular weight excluding hydrogens is 552 g/mol. The number of hydrogen-bond acceptors (Lipinski definition) is 7. The number of non-ortho nitro benzene ring substituents is 1. The van der Waals surface area contributed by atoms with Gasteiger partial charge in [0.05, 0.1) is 19.1 Å². The van der Waals surface area contributed by atoms with Gasteiger partial charge in [0.25, 0.3) is 11.6 Å². The predicted molar refractivity (Wildman–Crippen MR) is 162 cm³/mol. The van der Waals surface area contributed by atoms with Gasteiger partial charge in [0, 0.05) is 68.1 Å². The number of nitro groups is 1. The van der Waals surface area contributed by atoms with Gasteiger partial charge in [-0.1, -0.05) is 30.3 Å². The van der Waals surface area contributed by atoms with Gasteiger partial charge in [-0.3, -0.25) is 19.7 Å². The average Bonchev–Trinajstić information content (AvgIpc) is 3.45. The Labute approximate surface area is 250 Å². The maximum absolute atomic E-state index is 13.9. The number of hydrogen-bond donors (Lipinski definition) is 1. The first kappa shape index (κ1) is 31.0. The summed E-state index contributed by atoms with van der Waals surface area (Å²) in [6, 6.07) is 19.0. The number of methoxy groups -OCH3 is 3. The van der Waals surface area contributed by atoms with Crippen LogP contribution in [0, 0.1) is 10.1 Å². The van der Waals surface area contributed by atoms with Crippen LogP contribution in [-0.4, -0.2) is 79.1 Å². The van der Waals surface area contributed by atoms with Crippen molar-refractivity contribution in [2.75, 3.05) is 47.6 Å². The van der Waals surface area contributed by atoms with Crippen LogP contribution in [0.2, 0.25) is 0 Å². The molecule has 11 nitrogen and oxygen atoms in total. The van der Waals surface area contributed by atoms with Crippen molar-refractivity contribution < 1.29 is 28.7 Å². The summed E-state index contributed by atoms with van der Waals surface area (Å²) >= 11 is 0. The molecule has 4 aromatic rings. The molecule has 0 aliphatic carbocycles. The fourth-order valence-electron chi connectivity index (χ4n) is 4.94. The van der Waals surface area contributed by atoms with Crippen molar-refractivity contribution in [3.63, 3.8) is 0 Å². The van der Waals surface area contributed by atoms with Crippen LogP contribution in [0.15, 0.2) is 72.9 Å². The monoisotopic (exact) mass is 588 g/mol. The third-order valence-electron chi connectivity index (χ3n) is 7.19. The molecule has 1 N–H and O–H groups in total. The van der Waals surface area contributed by atoms with Gasteiger partial charge in [-0.2, -0.15) is 0 Å². The number of aromatic amines is 1. The number of nitrogens with zero attached hydrogens (tertiary/aromatic N) is 3. The fraction of sp³-hybridized carbons (Fsp3) is 0.312. The molecule has 1 heterocycles. The van der Waals surface area contributed by atoms with E-state index in [1.807, 2.05) is 42.6 Å². The highest BCUT2D eigenvalue weighted by Gasteiger charge is 2.24. The zero-order valence-corrected chi connectivity index (χ0v) is 24.6. The molecule has 0 saturated heterocycles. The lowest BCUT2D eigenvalue weighted by molar-refractivity contribution is -0.384. The van der Waals surface area contributed by atoms with Gasteiger partial charge >= 0.3 is 0 Å². The second-order valence-electron chi connectivity index (χ2n) is 9.99. The Balaban J connectivity index is 1.60. The molecule has 0 saturated carbocycles. The molecule has 1 aromatic heterocycles. The number of nitrogens with one attached hydrogen (secondary N) is 1. The Morgan fingerprint density at radius 3 is 2.44 bits per heavy atom. The second-order valence-corrected chi connectivity index (χ2v) is 9.99. The molecule has 4 rings (SSSR count).